The summed E-state index contributed by atoms with van der Waals surface area (Å²) in [4.78, 5) is 19.0. The molecular weight excluding hydrogens is 224 g/mol. The molecule has 0 aliphatic heterocycles. The molecule has 2 aromatic rings. The Labute approximate surface area is 107 Å². The summed E-state index contributed by atoms with van der Waals surface area (Å²) in [5.41, 5.74) is 7.21. The van der Waals surface area contributed by atoms with Gasteiger partial charge in [0, 0.05) is 5.56 Å². The standard InChI is InChI=1S/C15H16N2O/c1-9-5-10(2)12(4)15(11(9)3)14-6-13(7-18)16-8-17-14/h5-8H,1-4H3. The summed E-state index contributed by atoms with van der Waals surface area (Å²) in [7, 11) is 0. The summed E-state index contributed by atoms with van der Waals surface area (Å²) >= 11 is 0. The third-order valence-electron chi connectivity index (χ3n) is 3.43. The number of carbonyl (C=O) groups is 1. The zero-order valence-corrected chi connectivity index (χ0v) is 11.1. The monoisotopic (exact) mass is 240 g/mol. The fourth-order valence-corrected chi connectivity index (χ4v) is 2.17. The van der Waals surface area contributed by atoms with Crippen molar-refractivity contribution in [1.29, 1.82) is 0 Å². The summed E-state index contributed by atoms with van der Waals surface area (Å²) < 4.78 is 0. The van der Waals surface area contributed by atoms with Crippen molar-refractivity contribution < 1.29 is 4.79 Å². The van der Waals surface area contributed by atoms with Gasteiger partial charge in [-0.3, -0.25) is 4.79 Å². The zero-order valence-electron chi connectivity index (χ0n) is 11.1. The molecule has 0 saturated heterocycles. The highest BCUT2D eigenvalue weighted by molar-refractivity contribution is 5.77. The highest BCUT2D eigenvalue weighted by Gasteiger charge is 2.12. The molecular formula is C15H16N2O. The van der Waals surface area contributed by atoms with Gasteiger partial charge < -0.3 is 0 Å². The van der Waals surface area contributed by atoms with Crippen LogP contribution in [0.5, 0.6) is 0 Å². The minimum absolute atomic E-state index is 0.415. The average Bonchev–Trinajstić information content (AvgIpc) is 2.37. The minimum atomic E-state index is 0.415. The number of aryl methyl sites for hydroxylation is 2. The summed E-state index contributed by atoms with van der Waals surface area (Å²) in [5.74, 6) is 0. The summed E-state index contributed by atoms with van der Waals surface area (Å²) in [5, 5.41) is 0. The Bertz CT molecular complexity index is 592. The highest BCUT2D eigenvalue weighted by atomic mass is 16.1. The normalized spacial score (nSPS) is 10.4. The smallest absolute Gasteiger partial charge is 0.168 e. The van der Waals surface area contributed by atoms with E-state index in [9.17, 15) is 4.79 Å². The number of aromatic nitrogens is 2. The molecule has 1 aromatic carbocycles. The second-order valence-electron chi connectivity index (χ2n) is 4.58. The largest absolute Gasteiger partial charge is 0.296 e. The number of carbonyl (C=O) groups excluding carboxylic acids is 1. The van der Waals surface area contributed by atoms with Crippen LogP contribution in [0.3, 0.4) is 0 Å². The minimum Gasteiger partial charge on any atom is -0.296 e. The molecule has 2 rings (SSSR count). The molecule has 0 amide bonds. The molecule has 18 heavy (non-hydrogen) atoms. The Kier molecular flexibility index (Phi) is 3.24. The quantitative estimate of drug-likeness (QED) is 0.757. The highest BCUT2D eigenvalue weighted by Crippen LogP contribution is 2.30. The van der Waals surface area contributed by atoms with Gasteiger partial charge in [-0.15, -0.1) is 0 Å². The lowest BCUT2D eigenvalue weighted by Gasteiger charge is -2.14. The SMILES string of the molecule is Cc1cc(C)c(C)c(-c2cc(C=O)ncn2)c1C. The summed E-state index contributed by atoms with van der Waals surface area (Å²) in [6.07, 6.45) is 2.19. The van der Waals surface area contributed by atoms with E-state index in [1.165, 1.54) is 28.6 Å². The number of benzene rings is 1. The number of aldehydes is 1. The van der Waals surface area contributed by atoms with E-state index >= 15 is 0 Å². The fraction of sp³-hybridized carbons (Fsp3) is 0.267. The first-order chi connectivity index (χ1) is 8.54. The number of nitrogens with zero attached hydrogens (tertiary/aromatic N) is 2. The van der Waals surface area contributed by atoms with Crippen molar-refractivity contribution >= 4 is 6.29 Å². The maximum absolute atomic E-state index is 10.8. The number of hydrogen-bond donors (Lipinski definition) is 0. The molecule has 92 valence electrons. The molecule has 0 fully saturated rings. The van der Waals surface area contributed by atoms with Gasteiger partial charge in [0.1, 0.15) is 12.0 Å². The van der Waals surface area contributed by atoms with Crippen molar-refractivity contribution in [2.45, 2.75) is 27.7 Å². The van der Waals surface area contributed by atoms with Crippen LogP contribution in [0.4, 0.5) is 0 Å². The Morgan fingerprint density at radius 2 is 1.56 bits per heavy atom. The summed E-state index contributed by atoms with van der Waals surface area (Å²) in [6.45, 7) is 8.35. The lowest BCUT2D eigenvalue weighted by Crippen LogP contribution is -1.98. The molecule has 3 nitrogen and oxygen atoms in total. The van der Waals surface area contributed by atoms with E-state index in [1.807, 2.05) is 0 Å². The van der Waals surface area contributed by atoms with Crippen molar-refractivity contribution in [1.82, 2.24) is 9.97 Å². The maximum Gasteiger partial charge on any atom is 0.168 e. The van der Waals surface area contributed by atoms with Crippen LogP contribution in [0.2, 0.25) is 0 Å². The van der Waals surface area contributed by atoms with Crippen LogP contribution in [-0.2, 0) is 0 Å². The van der Waals surface area contributed by atoms with Crippen molar-refractivity contribution in [2.24, 2.45) is 0 Å². The van der Waals surface area contributed by atoms with Crippen LogP contribution >= 0.6 is 0 Å². The Morgan fingerprint density at radius 3 is 2.11 bits per heavy atom. The average molecular weight is 240 g/mol. The van der Waals surface area contributed by atoms with Gasteiger partial charge in [0.2, 0.25) is 0 Å². The predicted octanol–water partition coefficient (Wildman–Crippen LogP) is 3.19. The van der Waals surface area contributed by atoms with Gasteiger partial charge >= 0.3 is 0 Å². The van der Waals surface area contributed by atoms with Crippen LogP contribution in [0.25, 0.3) is 11.3 Å². The molecule has 0 aliphatic rings. The Balaban J connectivity index is 2.73. The van der Waals surface area contributed by atoms with Crippen LogP contribution in [0.15, 0.2) is 18.5 Å². The third-order valence-corrected chi connectivity index (χ3v) is 3.43. The number of rotatable bonds is 2. The first-order valence-corrected chi connectivity index (χ1v) is 5.89. The molecule has 1 aromatic heterocycles. The van der Waals surface area contributed by atoms with Crippen LogP contribution in [-0.4, -0.2) is 16.3 Å². The van der Waals surface area contributed by atoms with Gasteiger partial charge in [-0.1, -0.05) is 6.07 Å². The van der Waals surface area contributed by atoms with Crippen LogP contribution in [0.1, 0.15) is 32.7 Å². The van der Waals surface area contributed by atoms with Crippen molar-refractivity contribution in [3.63, 3.8) is 0 Å². The van der Waals surface area contributed by atoms with Crippen molar-refractivity contribution in [2.75, 3.05) is 0 Å². The maximum atomic E-state index is 10.8. The van der Waals surface area contributed by atoms with Gasteiger partial charge in [-0.25, -0.2) is 9.97 Å². The molecule has 1 heterocycles. The lowest BCUT2D eigenvalue weighted by molar-refractivity contribution is 0.111. The first-order valence-electron chi connectivity index (χ1n) is 5.89. The Morgan fingerprint density at radius 1 is 0.944 bits per heavy atom. The topological polar surface area (TPSA) is 42.9 Å². The second kappa shape index (κ2) is 4.69. The first kappa shape index (κ1) is 12.4. The molecule has 0 bridgehead atoms. The zero-order chi connectivity index (χ0) is 13.3. The lowest BCUT2D eigenvalue weighted by atomic mass is 9.92. The van der Waals surface area contributed by atoms with E-state index in [-0.39, 0.29) is 0 Å². The van der Waals surface area contributed by atoms with Crippen LogP contribution in [0, 0.1) is 27.7 Å². The molecule has 0 N–H and O–H groups in total. The molecule has 0 spiro atoms. The fourth-order valence-electron chi connectivity index (χ4n) is 2.17. The molecule has 3 heteroatoms. The number of hydrogen-bond acceptors (Lipinski definition) is 3. The van der Waals surface area contributed by atoms with E-state index in [0.29, 0.717) is 5.69 Å². The van der Waals surface area contributed by atoms with Gasteiger partial charge in [-0.2, -0.15) is 0 Å². The van der Waals surface area contributed by atoms with Gasteiger partial charge in [0.15, 0.2) is 6.29 Å². The van der Waals surface area contributed by atoms with Gasteiger partial charge in [0.25, 0.3) is 0 Å². The van der Waals surface area contributed by atoms with E-state index in [4.69, 9.17) is 0 Å². The predicted molar refractivity (Wildman–Crippen MR) is 71.8 cm³/mol. The van der Waals surface area contributed by atoms with E-state index in [0.717, 1.165) is 17.5 Å². The van der Waals surface area contributed by atoms with E-state index < -0.39 is 0 Å². The molecule has 0 radical (unpaired) electrons. The third kappa shape index (κ3) is 2.04. The van der Waals surface area contributed by atoms with Crippen molar-refractivity contribution in [3.05, 3.63) is 46.4 Å². The van der Waals surface area contributed by atoms with Gasteiger partial charge in [-0.05, 0) is 56.0 Å². The van der Waals surface area contributed by atoms with Crippen molar-refractivity contribution in [3.8, 4) is 11.3 Å². The second-order valence-corrected chi connectivity index (χ2v) is 4.58. The Hall–Kier alpha value is -2.03. The van der Waals surface area contributed by atoms with E-state index in [2.05, 4.69) is 43.7 Å². The molecule has 0 atom stereocenters. The molecule has 0 aliphatic carbocycles. The summed E-state index contributed by atoms with van der Waals surface area (Å²) in [6, 6.07) is 3.91. The molecule has 0 unspecified atom stereocenters. The van der Waals surface area contributed by atoms with Crippen LogP contribution < -0.4 is 0 Å². The molecule has 0 saturated carbocycles. The van der Waals surface area contributed by atoms with Gasteiger partial charge in [0.05, 0.1) is 5.69 Å². The van der Waals surface area contributed by atoms with E-state index in [1.54, 1.807) is 6.07 Å².